The summed E-state index contributed by atoms with van der Waals surface area (Å²) in [4.78, 5) is 0. The van der Waals surface area contributed by atoms with Crippen LogP contribution < -0.4 is 0 Å². The minimum atomic E-state index is -2.09. The molecule has 3 aromatic rings. The van der Waals surface area contributed by atoms with Crippen molar-refractivity contribution in [2.24, 2.45) is 0 Å². The third-order valence-corrected chi connectivity index (χ3v) is 3.00. The molecule has 0 bridgehead atoms. The van der Waals surface area contributed by atoms with E-state index in [2.05, 4.69) is 10.2 Å². The van der Waals surface area contributed by atoms with Gasteiger partial charge in [-0.1, -0.05) is 30.3 Å². The molecule has 0 saturated heterocycles. The number of nitrogens with zero attached hydrogens (tertiary/aromatic N) is 2. The Labute approximate surface area is 114 Å². The zero-order valence-electron chi connectivity index (χ0n) is 10.2. The van der Waals surface area contributed by atoms with Crippen LogP contribution in [0.3, 0.4) is 0 Å². The molecule has 0 aliphatic rings. The molecule has 7 heteroatoms. The van der Waals surface area contributed by atoms with Crippen LogP contribution in [0.5, 0.6) is 0 Å². The first-order chi connectivity index (χ1) is 10.0. The normalized spacial score (nSPS) is 11.1. The monoisotopic (exact) mass is 296 g/mol. The van der Waals surface area contributed by atoms with Crippen molar-refractivity contribution in [2.45, 2.75) is 0 Å². The Hall–Kier alpha value is -2.57. The summed E-state index contributed by atoms with van der Waals surface area (Å²) < 4.78 is 67.8. The van der Waals surface area contributed by atoms with E-state index in [1.807, 2.05) is 0 Å². The van der Waals surface area contributed by atoms with Gasteiger partial charge in [-0.25, -0.2) is 17.6 Å². The van der Waals surface area contributed by atoms with Gasteiger partial charge in [-0.2, -0.15) is 4.39 Å². The second-order valence-corrected chi connectivity index (χ2v) is 4.21. The van der Waals surface area contributed by atoms with Gasteiger partial charge in [0.1, 0.15) is 5.69 Å². The summed E-state index contributed by atoms with van der Waals surface area (Å²) in [7, 11) is 0. The van der Waals surface area contributed by atoms with E-state index in [0.29, 0.717) is 0 Å². The fourth-order valence-corrected chi connectivity index (χ4v) is 2.04. The zero-order valence-corrected chi connectivity index (χ0v) is 10.2. The van der Waals surface area contributed by atoms with Crippen molar-refractivity contribution in [3.05, 3.63) is 59.5 Å². The summed E-state index contributed by atoms with van der Waals surface area (Å²) in [6, 6.07) is 7.74. The molecule has 0 fully saturated rings. The van der Waals surface area contributed by atoms with E-state index in [4.69, 9.17) is 0 Å². The Morgan fingerprint density at radius 2 is 1.19 bits per heavy atom. The van der Waals surface area contributed by atoms with Crippen molar-refractivity contribution in [3.8, 4) is 11.3 Å². The Morgan fingerprint density at radius 1 is 0.619 bits per heavy atom. The predicted octanol–water partition coefficient (Wildman–Crippen LogP) is 3.99. The Kier molecular flexibility index (Phi) is 3.04. The van der Waals surface area contributed by atoms with Crippen LogP contribution in [0.2, 0.25) is 0 Å². The number of rotatable bonds is 1. The SMILES string of the molecule is Fc1c(F)c(F)c2c(-c3ccccc3)nnc(F)c2c1F. The van der Waals surface area contributed by atoms with Crippen LogP contribution in [0.1, 0.15) is 0 Å². The zero-order chi connectivity index (χ0) is 15.1. The van der Waals surface area contributed by atoms with Crippen LogP contribution in [0.4, 0.5) is 22.0 Å². The molecule has 0 spiro atoms. The van der Waals surface area contributed by atoms with E-state index in [1.54, 1.807) is 18.2 Å². The predicted molar refractivity (Wildman–Crippen MR) is 64.8 cm³/mol. The van der Waals surface area contributed by atoms with Crippen molar-refractivity contribution in [1.29, 1.82) is 0 Å². The summed E-state index contributed by atoms with van der Waals surface area (Å²) in [6.07, 6.45) is 0. The lowest BCUT2D eigenvalue weighted by molar-refractivity contribution is 0.415. The van der Waals surface area contributed by atoms with Crippen molar-refractivity contribution in [1.82, 2.24) is 10.2 Å². The van der Waals surface area contributed by atoms with Gasteiger partial charge >= 0.3 is 0 Å². The minimum absolute atomic E-state index is 0.263. The van der Waals surface area contributed by atoms with Crippen LogP contribution in [-0.2, 0) is 0 Å². The summed E-state index contributed by atoms with van der Waals surface area (Å²) >= 11 is 0. The molecular weight excluding hydrogens is 291 g/mol. The maximum atomic E-state index is 13.9. The molecule has 0 saturated carbocycles. The summed E-state index contributed by atoms with van der Waals surface area (Å²) in [6.45, 7) is 0. The lowest BCUT2D eigenvalue weighted by Crippen LogP contribution is -2.04. The van der Waals surface area contributed by atoms with Gasteiger partial charge in [0.25, 0.3) is 0 Å². The largest absolute Gasteiger partial charge is 0.244 e. The fourth-order valence-electron chi connectivity index (χ4n) is 2.04. The van der Waals surface area contributed by atoms with E-state index >= 15 is 0 Å². The van der Waals surface area contributed by atoms with Gasteiger partial charge in [-0.15, -0.1) is 10.2 Å². The van der Waals surface area contributed by atoms with E-state index in [9.17, 15) is 22.0 Å². The first kappa shape index (κ1) is 13.4. The second-order valence-electron chi connectivity index (χ2n) is 4.21. The number of benzene rings is 2. The van der Waals surface area contributed by atoms with E-state index in [0.717, 1.165) is 0 Å². The van der Waals surface area contributed by atoms with Gasteiger partial charge < -0.3 is 0 Å². The van der Waals surface area contributed by atoms with Crippen molar-refractivity contribution < 1.29 is 22.0 Å². The molecule has 0 atom stereocenters. The fraction of sp³-hybridized carbons (Fsp3) is 0. The summed E-state index contributed by atoms with van der Waals surface area (Å²) in [5, 5.41) is 4.62. The molecule has 1 aromatic heterocycles. The van der Waals surface area contributed by atoms with Crippen LogP contribution in [0, 0.1) is 29.2 Å². The van der Waals surface area contributed by atoms with Crippen LogP contribution in [0.25, 0.3) is 22.0 Å². The van der Waals surface area contributed by atoms with Crippen molar-refractivity contribution >= 4 is 10.8 Å². The third kappa shape index (κ3) is 1.93. The maximum Gasteiger partial charge on any atom is 0.244 e. The molecule has 0 amide bonds. The third-order valence-electron chi connectivity index (χ3n) is 3.00. The highest BCUT2D eigenvalue weighted by molar-refractivity contribution is 5.95. The maximum absolute atomic E-state index is 13.9. The summed E-state index contributed by atoms with van der Waals surface area (Å²) in [5.41, 5.74) is -0.0124. The van der Waals surface area contributed by atoms with Gasteiger partial charge in [-0.05, 0) is 0 Å². The Bertz CT molecular complexity index is 849. The molecule has 0 N–H and O–H groups in total. The number of hydrogen-bond acceptors (Lipinski definition) is 2. The van der Waals surface area contributed by atoms with Gasteiger partial charge in [0, 0.05) is 5.56 Å². The van der Waals surface area contributed by atoms with Crippen LogP contribution in [-0.4, -0.2) is 10.2 Å². The first-order valence-corrected chi connectivity index (χ1v) is 5.75. The molecule has 0 radical (unpaired) electrons. The van der Waals surface area contributed by atoms with Gasteiger partial charge in [0.2, 0.25) is 5.95 Å². The van der Waals surface area contributed by atoms with Crippen molar-refractivity contribution in [2.75, 3.05) is 0 Å². The second kappa shape index (κ2) is 4.76. The molecule has 106 valence electrons. The number of aromatic nitrogens is 2. The highest BCUT2D eigenvalue weighted by Gasteiger charge is 2.26. The molecule has 0 aliphatic carbocycles. The van der Waals surface area contributed by atoms with E-state index < -0.39 is 40.0 Å². The van der Waals surface area contributed by atoms with Crippen LogP contribution >= 0.6 is 0 Å². The van der Waals surface area contributed by atoms with Crippen molar-refractivity contribution in [3.63, 3.8) is 0 Å². The number of halogens is 5. The molecule has 2 nitrogen and oxygen atoms in total. The molecule has 3 rings (SSSR count). The van der Waals surface area contributed by atoms with Crippen LogP contribution in [0.15, 0.2) is 30.3 Å². The molecule has 1 heterocycles. The molecular formula is C14H5F5N2. The average Bonchev–Trinajstić information content (AvgIpc) is 2.51. The van der Waals surface area contributed by atoms with Gasteiger partial charge in [0.05, 0.1) is 10.8 Å². The smallest absolute Gasteiger partial charge is 0.203 e. The van der Waals surface area contributed by atoms with Gasteiger partial charge in [0.15, 0.2) is 23.3 Å². The highest BCUT2D eigenvalue weighted by Crippen LogP contribution is 2.33. The first-order valence-electron chi connectivity index (χ1n) is 5.75. The standard InChI is InChI=1S/C14H5F5N2/c15-9-7-8(10(16)12(18)11(9)17)14(19)21-20-13(7)6-4-2-1-3-5-6/h1-5H. The topological polar surface area (TPSA) is 25.8 Å². The average molecular weight is 296 g/mol. The molecule has 21 heavy (non-hydrogen) atoms. The quantitative estimate of drug-likeness (QED) is 0.385. The number of fused-ring (bicyclic) bond motifs is 1. The molecule has 2 aromatic carbocycles. The minimum Gasteiger partial charge on any atom is -0.203 e. The Morgan fingerprint density at radius 3 is 1.81 bits per heavy atom. The number of hydrogen-bond donors (Lipinski definition) is 0. The summed E-state index contributed by atoms with van der Waals surface area (Å²) in [5.74, 6) is -9.18. The highest BCUT2D eigenvalue weighted by atomic mass is 19.2. The lowest BCUT2D eigenvalue weighted by atomic mass is 10.0. The van der Waals surface area contributed by atoms with E-state index in [-0.39, 0.29) is 11.3 Å². The van der Waals surface area contributed by atoms with E-state index in [1.165, 1.54) is 12.1 Å². The lowest BCUT2D eigenvalue weighted by Gasteiger charge is -2.09. The molecule has 0 unspecified atom stereocenters. The van der Waals surface area contributed by atoms with Gasteiger partial charge in [-0.3, -0.25) is 0 Å². The molecule has 0 aliphatic heterocycles. The Balaban J connectivity index is 2.52.